The smallest absolute Gasteiger partial charge is 0.141 e. The van der Waals surface area contributed by atoms with Crippen LogP contribution in [0.4, 0.5) is 4.39 Å². The Morgan fingerprint density at radius 3 is 2.61 bits per heavy atom. The van der Waals surface area contributed by atoms with Gasteiger partial charge in [-0.25, -0.2) is 4.39 Å². The van der Waals surface area contributed by atoms with E-state index in [0.29, 0.717) is 12.1 Å². The van der Waals surface area contributed by atoms with Gasteiger partial charge in [-0.15, -0.1) is 0 Å². The number of nitrogens with two attached hydrogens (primary N) is 1. The average Bonchev–Trinajstić information content (AvgIpc) is 2.38. The standard InChI is InChI=1S/C15H17FN2/c1-3-15(17,12-6-4-5-11(2)9-12)14-8-7-13(16)10-18-14/h4-10H,3,17H2,1-2H3. The second kappa shape index (κ2) is 4.86. The SMILES string of the molecule is CCC(N)(c1cccc(C)c1)c1ccc(F)cn1. The van der Waals surface area contributed by atoms with Gasteiger partial charge in [-0.1, -0.05) is 36.8 Å². The quantitative estimate of drug-likeness (QED) is 0.900. The molecule has 0 aliphatic heterocycles. The van der Waals surface area contributed by atoms with E-state index in [2.05, 4.69) is 11.1 Å². The van der Waals surface area contributed by atoms with Crippen LogP contribution >= 0.6 is 0 Å². The maximum Gasteiger partial charge on any atom is 0.141 e. The van der Waals surface area contributed by atoms with Crippen molar-refractivity contribution in [2.24, 2.45) is 5.73 Å². The number of rotatable bonds is 3. The van der Waals surface area contributed by atoms with Crippen LogP contribution in [0.25, 0.3) is 0 Å². The molecule has 1 atom stereocenters. The van der Waals surface area contributed by atoms with Gasteiger partial charge in [0.1, 0.15) is 5.82 Å². The molecule has 0 fully saturated rings. The van der Waals surface area contributed by atoms with Gasteiger partial charge in [0.05, 0.1) is 17.4 Å². The van der Waals surface area contributed by atoms with Gasteiger partial charge in [0, 0.05) is 0 Å². The maximum atomic E-state index is 12.9. The largest absolute Gasteiger partial charge is 0.316 e. The number of halogens is 1. The van der Waals surface area contributed by atoms with Crippen molar-refractivity contribution in [3.05, 3.63) is 65.2 Å². The minimum absolute atomic E-state index is 0.346. The van der Waals surface area contributed by atoms with Gasteiger partial charge in [0.15, 0.2) is 0 Å². The van der Waals surface area contributed by atoms with E-state index in [-0.39, 0.29) is 5.82 Å². The number of hydrogen-bond donors (Lipinski definition) is 1. The first kappa shape index (κ1) is 12.7. The van der Waals surface area contributed by atoms with Crippen molar-refractivity contribution in [1.29, 1.82) is 0 Å². The first-order valence-corrected chi connectivity index (χ1v) is 6.04. The highest BCUT2D eigenvalue weighted by Gasteiger charge is 2.29. The van der Waals surface area contributed by atoms with E-state index in [1.807, 2.05) is 32.0 Å². The lowest BCUT2D eigenvalue weighted by atomic mass is 9.84. The average molecular weight is 244 g/mol. The summed E-state index contributed by atoms with van der Waals surface area (Å²) >= 11 is 0. The zero-order valence-electron chi connectivity index (χ0n) is 10.7. The zero-order valence-corrected chi connectivity index (χ0v) is 10.7. The van der Waals surface area contributed by atoms with Gasteiger partial charge >= 0.3 is 0 Å². The molecule has 18 heavy (non-hydrogen) atoms. The Kier molecular flexibility index (Phi) is 3.43. The molecule has 0 aliphatic rings. The van der Waals surface area contributed by atoms with Crippen LogP contribution in [-0.2, 0) is 5.54 Å². The highest BCUT2D eigenvalue weighted by molar-refractivity contribution is 5.36. The Morgan fingerprint density at radius 2 is 2.06 bits per heavy atom. The highest BCUT2D eigenvalue weighted by atomic mass is 19.1. The zero-order chi connectivity index (χ0) is 13.2. The van der Waals surface area contributed by atoms with Crippen LogP contribution < -0.4 is 5.73 Å². The molecule has 1 aromatic heterocycles. The molecule has 0 bridgehead atoms. The summed E-state index contributed by atoms with van der Waals surface area (Å²) in [7, 11) is 0. The minimum atomic E-state index is -0.667. The van der Waals surface area contributed by atoms with Crippen LogP contribution in [0.3, 0.4) is 0 Å². The normalized spacial score (nSPS) is 14.2. The molecule has 2 nitrogen and oxygen atoms in total. The van der Waals surface area contributed by atoms with Crippen molar-refractivity contribution < 1.29 is 4.39 Å². The number of nitrogens with zero attached hydrogens (tertiary/aromatic N) is 1. The molecule has 0 saturated carbocycles. The summed E-state index contributed by atoms with van der Waals surface area (Å²) in [5.74, 6) is -0.346. The van der Waals surface area contributed by atoms with Crippen molar-refractivity contribution in [2.45, 2.75) is 25.8 Å². The van der Waals surface area contributed by atoms with E-state index in [0.717, 1.165) is 11.1 Å². The van der Waals surface area contributed by atoms with E-state index >= 15 is 0 Å². The van der Waals surface area contributed by atoms with Crippen molar-refractivity contribution in [3.8, 4) is 0 Å². The topological polar surface area (TPSA) is 38.9 Å². The molecule has 1 aromatic carbocycles. The molecule has 2 aromatic rings. The van der Waals surface area contributed by atoms with E-state index in [1.54, 1.807) is 6.07 Å². The molecule has 0 spiro atoms. The van der Waals surface area contributed by atoms with E-state index in [1.165, 1.54) is 12.3 Å². The Morgan fingerprint density at radius 1 is 1.28 bits per heavy atom. The lowest BCUT2D eigenvalue weighted by Crippen LogP contribution is -2.38. The van der Waals surface area contributed by atoms with Crippen LogP contribution in [-0.4, -0.2) is 4.98 Å². The molecule has 0 radical (unpaired) electrons. The minimum Gasteiger partial charge on any atom is -0.316 e. The van der Waals surface area contributed by atoms with Crippen molar-refractivity contribution in [1.82, 2.24) is 4.98 Å². The Balaban J connectivity index is 2.51. The number of aromatic nitrogens is 1. The molecule has 94 valence electrons. The van der Waals surface area contributed by atoms with Crippen LogP contribution in [0.15, 0.2) is 42.6 Å². The molecule has 1 heterocycles. The monoisotopic (exact) mass is 244 g/mol. The summed E-state index contributed by atoms with van der Waals surface area (Å²) in [5, 5.41) is 0. The lowest BCUT2D eigenvalue weighted by molar-refractivity contribution is 0.498. The van der Waals surface area contributed by atoms with Gasteiger partial charge in [-0.3, -0.25) is 4.98 Å². The fourth-order valence-corrected chi connectivity index (χ4v) is 2.10. The molecule has 1 unspecified atom stereocenters. The molecule has 2 N–H and O–H groups in total. The van der Waals surface area contributed by atoms with Crippen LogP contribution in [0, 0.1) is 12.7 Å². The second-order valence-electron chi connectivity index (χ2n) is 4.56. The number of aryl methyl sites for hydroxylation is 1. The summed E-state index contributed by atoms with van der Waals surface area (Å²) in [6.45, 7) is 4.03. The predicted molar refractivity (Wildman–Crippen MR) is 70.6 cm³/mol. The second-order valence-corrected chi connectivity index (χ2v) is 4.56. The summed E-state index contributed by atoms with van der Waals surface area (Å²) < 4.78 is 12.9. The van der Waals surface area contributed by atoms with E-state index in [4.69, 9.17) is 5.73 Å². The first-order chi connectivity index (χ1) is 8.56. The highest BCUT2D eigenvalue weighted by Crippen LogP contribution is 2.29. The number of pyridine rings is 1. The molecular weight excluding hydrogens is 227 g/mol. The summed E-state index contributed by atoms with van der Waals surface area (Å²) in [5.41, 5.74) is 8.65. The maximum absolute atomic E-state index is 12.9. The van der Waals surface area contributed by atoms with Gasteiger partial charge in [-0.05, 0) is 31.0 Å². The molecule has 2 rings (SSSR count). The number of benzene rings is 1. The van der Waals surface area contributed by atoms with Crippen molar-refractivity contribution in [3.63, 3.8) is 0 Å². The van der Waals surface area contributed by atoms with Crippen molar-refractivity contribution >= 4 is 0 Å². The lowest BCUT2D eigenvalue weighted by Gasteiger charge is -2.28. The van der Waals surface area contributed by atoms with Crippen LogP contribution in [0.1, 0.15) is 30.2 Å². The third-order valence-electron chi connectivity index (χ3n) is 3.28. The fourth-order valence-electron chi connectivity index (χ4n) is 2.10. The molecular formula is C15H17FN2. The van der Waals surface area contributed by atoms with Gasteiger partial charge in [-0.2, -0.15) is 0 Å². The molecule has 0 amide bonds. The molecule has 0 saturated heterocycles. The van der Waals surface area contributed by atoms with E-state index in [9.17, 15) is 4.39 Å². The van der Waals surface area contributed by atoms with Crippen LogP contribution in [0.2, 0.25) is 0 Å². The van der Waals surface area contributed by atoms with Crippen LogP contribution in [0.5, 0.6) is 0 Å². The van der Waals surface area contributed by atoms with Gasteiger partial charge in [0.2, 0.25) is 0 Å². The number of hydrogen-bond acceptors (Lipinski definition) is 2. The third-order valence-corrected chi connectivity index (χ3v) is 3.28. The Bertz CT molecular complexity index is 536. The first-order valence-electron chi connectivity index (χ1n) is 6.04. The van der Waals surface area contributed by atoms with Gasteiger partial charge < -0.3 is 5.73 Å². The van der Waals surface area contributed by atoms with Gasteiger partial charge in [0.25, 0.3) is 0 Å². The third kappa shape index (κ3) is 2.27. The van der Waals surface area contributed by atoms with Crippen molar-refractivity contribution in [2.75, 3.05) is 0 Å². The Labute approximate surface area is 107 Å². The summed E-state index contributed by atoms with van der Waals surface area (Å²) in [4.78, 5) is 4.13. The molecule has 3 heteroatoms. The molecule has 0 aliphatic carbocycles. The summed E-state index contributed by atoms with van der Waals surface area (Å²) in [6.07, 6.45) is 1.91. The fraction of sp³-hybridized carbons (Fsp3) is 0.267. The summed E-state index contributed by atoms with van der Waals surface area (Å²) in [6, 6.07) is 11.1. The Hall–Kier alpha value is -1.74. The van der Waals surface area contributed by atoms with E-state index < -0.39 is 5.54 Å². The predicted octanol–water partition coefficient (Wildman–Crippen LogP) is 3.14.